The van der Waals surface area contributed by atoms with Crippen molar-refractivity contribution in [3.05, 3.63) is 0 Å². The number of nitrogens with zero attached hydrogens (tertiary/aromatic N) is 2. The summed E-state index contributed by atoms with van der Waals surface area (Å²) in [5, 5.41) is 47.0. The molecule has 0 spiro atoms. The van der Waals surface area contributed by atoms with Crippen molar-refractivity contribution in [1.82, 2.24) is 26.2 Å². The van der Waals surface area contributed by atoms with E-state index < -0.39 is 96.9 Å². The molecule has 1 rings (SSSR count). The van der Waals surface area contributed by atoms with Gasteiger partial charge >= 0.3 is 11.9 Å². The number of likely N-dealkylation sites (tertiary alicyclic amines) is 1. The fourth-order valence-corrected chi connectivity index (χ4v) is 4.44. The molecule has 1 fully saturated rings. The maximum Gasteiger partial charge on any atom is 0.325 e. The first-order chi connectivity index (χ1) is 21.5. The van der Waals surface area contributed by atoms with Crippen LogP contribution >= 0.6 is 0 Å². The normalized spacial score (nSPS) is 18.1. The van der Waals surface area contributed by atoms with Crippen LogP contribution in [0.1, 0.15) is 52.4 Å². The van der Waals surface area contributed by atoms with Gasteiger partial charge in [0.2, 0.25) is 29.5 Å². The van der Waals surface area contributed by atoms with Crippen LogP contribution in [-0.4, -0.2) is 135 Å². The van der Waals surface area contributed by atoms with Crippen LogP contribution < -0.4 is 38.5 Å². The van der Waals surface area contributed by atoms with E-state index in [1.54, 1.807) is 0 Å². The van der Waals surface area contributed by atoms with Gasteiger partial charge in [-0.1, -0.05) is 0 Å². The molecule has 5 amide bonds. The second-order valence-corrected chi connectivity index (χ2v) is 10.8. The first kappa shape index (κ1) is 39.5. The summed E-state index contributed by atoms with van der Waals surface area (Å²) in [4.78, 5) is 91.9. The molecule has 1 heterocycles. The molecule has 0 aromatic carbocycles. The molecular formula is C26H45N9O11. The maximum absolute atomic E-state index is 13.6. The van der Waals surface area contributed by atoms with Gasteiger partial charge in [-0.3, -0.25) is 38.6 Å². The number of aliphatic carboxylic acids is 2. The molecule has 0 aliphatic carbocycles. The van der Waals surface area contributed by atoms with Gasteiger partial charge in [0.15, 0.2) is 5.96 Å². The predicted octanol–water partition coefficient (Wildman–Crippen LogP) is -5.36. The Bertz CT molecular complexity index is 1150. The first-order valence-electron chi connectivity index (χ1n) is 14.6. The van der Waals surface area contributed by atoms with Gasteiger partial charge in [-0.2, -0.15) is 0 Å². The molecule has 0 aromatic heterocycles. The van der Waals surface area contributed by atoms with E-state index in [9.17, 15) is 43.8 Å². The van der Waals surface area contributed by atoms with Crippen LogP contribution in [-0.2, 0) is 33.6 Å². The number of rotatable bonds is 19. The van der Waals surface area contributed by atoms with Gasteiger partial charge in [0.25, 0.3) is 0 Å². The summed E-state index contributed by atoms with van der Waals surface area (Å²) in [6.07, 6.45) is -1.43. The number of nitrogens with one attached hydrogen (secondary N) is 4. The number of nitrogens with two attached hydrogens (primary N) is 3. The minimum absolute atomic E-state index is 0.0399. The Morgan fingerprint density at radius 3 is 2.09 bits per heavy atom. The Labute approximate surface area is 264 Å². The highest BCUT2D eigenvalue weighted by molar-refractivity contribution is 5.96. The summed E-state index contributed by atoms with van der Waals surface area (Å²) in [5.74, 6) is -7.13. The third kappa shape index (κ3) is 12.8. The van der Waals surface area contributed by atoms with Gasteiger partial charge in [-0.15, -0.1) is 0 Å². The van der Waals surface area contributed by atoms with E-state index in [1.165, 1.54) is 18.7 Å². The molecule has 1 saturated heterocycles. The number of carbonyl (C=O) groups is 7. The molecule has 7 atom stereocenters. The summed E-state index contributed by atoms with van der Waals surface area (Å²) < 4.78 is 0. The Morgan fingerprint density at radius 1 is 0.913 bits per heavy atom. The fourth-order valence-electron chi connectivity index (χ4n) is 4.44. The Morgan fingerprint density at radius 2 is 1.54 bits per heavy atom. The Hall–Kier alpha value is -4.56. The monoisotopic (exact) mass is 659 g/mol. The van der Waals surface area contributed by atoms with E-state index in [-0.39, 0.29) is 44.7 Å². The molecule has 0 saturated carbocycles. The van der Waals surface area contributed by atoms with Crippen molar-refractivity contribution in [3.8, 4) is 0 Å². The average molecular weight is 660 g/mol. The van der Waals surface area contributed by atoms with E-state index in [2.05, 4.69) is 26.3 Å². The highest BCUT2D eigenvalue weighted by Crippen LogP contribution is 2.20. The van der Waals surface area contributed by atoms with Crippen molar-refractivity contribution in [2.24, 2.45) is 22.2 Å². The third-order valence-electron chi connectivity index (χ3n) is 7.01. The molecule has 0 bridgehead atoms. The second kappa shape index (κ2) is 19.1. The summed E-state index contributed by atoms with van der Waals surface area (Å²) in [5.41, 5.74) is 16.3. The number of aliphatic imine (C=N–C) groups is 1. The number of hydrogen-bond acceptors (Lipinski definition) is 11. The predicted molar refractivity (Wildman–Crippen MR) is 159 cm³/mol. The largest absolute Gasteiger partial charge is 0.481 e. The van der Waals surface area contributed by atoms with Crippen LogP contribution in [0.25, 0.3) is 0 Å². The lowest BCUT2D eigenvalue weighted by molar-refractivity contribution is -0.145. The number of hydrogen-bond donors (Lipinski definition) is 11. The summed E-state index contributed by atoms with van der Waals surface area (Å²) in [6, 6.07) is -8.18. The van der Waals surface area contributed by atoms with Crippen molar-refractivity contribution in [2.75, 3.05) is 19.7 Å². The number of aliphatic hydroxyl groups excluding tert-OH is 2. The summed E-state index contributed by atoms with van der Waals surface area (Å²) in [6.45, 7) is 1.69. The van der Waals surface area contributed by atoms with Crippen LogP contribution in [0.4, 0.5) is 0 Å². The SMILES string of the molecule is C[C@H](NC(=O)[C@@H]1CCCN1C(=O)[C@H](CCCN=C(N)N)NC(=O)[C@@H](NC(=O)[C@H](CO)NC(=O)[C@@H](N)CCC(=O)O)[C@@H](C)O)C(=O)O. The number of carboxylic acid groups (broad SMARTS) is 2. The standard InChI is InChI=1S/C26H45N9O11/c1-12(25(45)46)31-22(42)17-6-4-10-35(17)24(44)15(5-3-9-30-26(28)29)32-23(43)19(13(2)37)34-21(41)16(11-36)33-20(40)14(27)7-8-18(38)39/h12-17,19,36-37H,3-11,27H2,1-2H3,(H,31,42)(H,32,43)(H,33,40)(H,34,41)(H,38,39)(H,45,46)(H4,28,29,30)/t12-,13+,14-,15-,16-,17-,19-/m0/s1. The molecule has 14 N–H and O–H groups in total. The lowest BCUT2D eigenvalue weighted by Gasteiger charge is -2.31. The van der Waals surface area contributed by atoms with Crippen molar-refractivity contribution in [2.45, 2.75) is 94.7 Å². The van der Waals surface area contributed by atoms with Crippen LogP contribution in [0.3, 0.4) is 0 Å². The zero-order valence-electron chi connectivity index (χ0n) is 25.7. The van der Waals surface area contributed by atoms with Gasteiger partial charge in [0.1, 0.15) is 30.2 Å². The minimum Gasteiger partial charge on any atom is -0.481 e. The first-order valence-corrected chi connectivity index (χ1v) is 14.6. The molecule has 1 aliphatic heterocycles. The fraction of sp³-hybridized carbons (Fsp3) is 0.692. The quantitative estimate of drug-likeness (QED) is 0.0350. The van der Waals surface area contributed by atoms with Crippen LogP contribution in [0, 0.1) is 0 Å². The van der Waals surface area contributed by atoms with Crippen molar-refractivity contribution in [3.63, 3.8) is 0 Å². The van der Waals surface area contributed by atoms with Crippen LogP contribution in [0.2, 0.25) is 0 Å². The van der Waals surface area contributed by atoms with E-state index >= 15 is 0 Å². The van der Waals surface area contributed by atoms with Gasteiger partial charge in [-0.25, -0.2) is 0 Å². The van der Waals surface area contributed by atoms with Crippen molar-refractivity contribution in [1.29, 1.82) is 0 Å². The molecule has 0 unspecified atom stereocenters. The number of aliphatic hydroxyl groups is 2. The molecular weight excluding hydrogens is 614 g/mol. The molecule has 20 heteroatoms. The lowest BCUT2D eigenvalue weighted by Crippen LogP contribution is -2.61. The van der Waals surface area contributed by atoms with Gasteiger partial charge in [0, 0.05) is 19.5 Å². The zero-order chi connectivity index (χ0) is 35.1. The van der Waals surface area contributed by atoms with E-state index in [4.69, 9.17) is 27.4 Å². The Balaban J connectivity index is 3.11. The summed E-state index contributed by atoms with van der Waals surface area (Å²) in [7, 11) is 0. The smallest absolute Gasteiger partial charge is 0.325 e. The van der Waals surface area contributed by atoms with Crippen molar-refractivity contribution >= 4 is 47.4 Å². The molecule has 0 radical (unpaired) electrons. The molecule has 260 valence electrons. The van der Waals surface area contributed by atoms with E-state index in [0.29, 0.717) is 6.42 Å². The lowest BCUT2D eigenvalue weighted by atomic mass is 10.1. The minimum atomic E-state index is -1.69. The number of carboxylic acids is 2. The van der Waals surface area contributed by atoms with Crippen LogP contribution in [0.5, 0.6) is 0 Å². The highest BCUT2D eigenvalue weighted by Gasteiger charge is 2.39. The molecule has 0 aromatic rings. The second-order valence-electron chi connectivity index (χ2n) is 10.8. The van der Waals surface area contributed by atoms with Gasteiger partial charge in [-0.05, 0) is 46.0 Å². The highest BCUT2D eigenvalue weighted by atomic mass is 16.4. The molecule has 1 aliphatic rings. The van der Waals surface area contributed by atoms with Gasteiger partial charge in [0.05, 0.1) is 18.8 Å². The maximum atomic E-state index is 13.6. The number of guanidine groups is 1. The average Bonchev–Trinajstić information content (AvgIpc) is 3.48. The molecule has 20 nitrogen and oxygen atoms in total. The zero-order valence-corrected chi connectivity index (χ0v) is 25.7. The number of amides is 5. The van der Waals surface area contributed by atoms with E-state index in [1.807, 2.05) is 0 Å². The van der Waals surface area contributed by atoms with Crippen molar-refractivity contribution < 1.29 is 54.0 Å². The number of carbonyl (C=O) groups excluding carboxylic acids is 5. The van der Waals surface area contributed by atoms with Gasteiger partial charge < -0.3 is 63.8 Å². The topological polar surface area (TPSA) is 342 Å². The van der Waals surface area contributed by atoms with E-state index in [0.717, 1.165) is 0 Å². The molecule has 46 heavy (non-hydrogen) atoms. The third-order valence-corrected chi connectivity index (χ3v) is 7.01. The summed E-state index contributed by atoms with van der Waals surface area (Å²) >= 11 is 0. The Kier molecular flexibility index (Phi) is 16.4. The van der Waals surface area contributed by atoms with Crippen LogP contribution in [0.15, 0.2) is 4.99 Å².